The molecule has 0 aliphatic carbocycles. The van der Waals surface area contributed by atoms with E-state index in [0.717, 1.165) is 35.9 Å². The van der Waals surface area contributed by atoms with Gasteiger partial charge in [0.25, 0.3) is 5.91 Å². The second kappa shape index (κ2) is 8.26. The second-order valence-electron chi connectivity index (χ2n) is 6.32. The third-order valence-corrected chi connectivity index (χ3v) is 5.44. The Hall–Kier alpha value is -2.80. The molecule has 0 saturated carbocycles. The molecule has 2 aromatic carbocycles. The van der Waals surface area contributed by atoms with Crippen molar-refractivity contribution >= 4 is 40.9 Å². The number of anilines is 2. The third-order valence-electron chi connectivity index (χ3n) is 4.27. The second-order valence-corrected chi connectivity index (χ2v) is 7.70. The molecule has 0 spiro atoms. The summed E-state index contributed by atoms with van der Waals surface area (Å²) in [4.78, 5) is 36.1. The molecule has 0 fully saturated rings. The highest BCUT2D eigenvalue weighted by Crippen LogP contribution is 2.29. The number of aryl methyl sites for hydroxylation is 1. The van der Waals surface area contributed by atoms with Gasteiger partial charge in [-0.15, -0.1) is 11.8 Å². The topological polar surface area (TPSA) is 95.5 Å². The van der Waals surface area contributed by atoms with Gasteiger partial charge in [0, 0.05) is 22.7 Å². The van der Waals surface area contributed by atoms with E-state index in [1.54, 1.807) is 43.3 Å². The molecule has 7 heteroatoms. The van der Waals surface area contributed by atoms with E-state index in [4.69, 9.17) is 5.11 Å². The number of carbonyl (C=O) groups is 3. The van der Waals surface area contributed by atoms with Crippen LogP contribution in [0.25, 0.3) is 0 Å². The number of nitrogens with one attached hydrogen (secondary N) is 2. The van der Waals surface area contributed by atoms with E-state index in [-0.39, 0.29) is 11.8 Å². The van der Waals surface area contributed by atoms with Crippen molar-refractivity contribution in [2.24, 2.45) is 0 Å². The Balaban J connectivity index is 1.79. The van der Waals surface area contributed by atoms with E-state index in [1.807, 2.05) is 6.07 Å². The summed E-state index contributed by atoms with van der Waals surface area (Å²) < 4.78 is 0. The molecule has 140 valence electrons. The summed E-state index contributed by atoms with van der Waals surface area (Å²) >= 11 is 1.14. The third kappa shape index (κ3) is 4.68. The van der Waals surface area contributed by atoms with Crippen LogP contribution in [0.2, 0.25) is 0 Å². The first kappa shape index (κ1) is 19.0. The molecule has 1 atom stereocenters. The minimum absolute atomic E-state index is 0.00374. The van der Waals surface area contributed by atoms with Gasteiger partial charge in [-0.05, 0) is 55.7 Å². The van der Waals surface area contributed by atoms with E-state index in [2.05, 4.69) is 10.6 Å². The summed E-state index contributed by atoms with van der Waals surface area (Å²) in [6.07, 6.45) is 2.02. The lowest BCUT2D eigenvalue weighted by Crippen LogP contribution is -2.16. The monoisotopic (exact) mass is 384 g/mol. The Morgan fingerprint density at radius 3 is 2.74 bits per heavy atom. The molecule has 0 bridgehead atoms. The van der Waals surface area contributed by atoms with Gasteiger partial charge >= 0.3 is 5.97 Å². The van der Waals surface area contributed by atoms with Crippen LogP contribution in [0.15, 0.2) is 47.4 Å². The molecule has 2 aromatic rings. The highest BCUT2D eigenvalue weighted by Gasteiger charge is 2.19. The van der Waals surface area contributed by atoms with Crippen LogP contribution in [0.5, 0.6) is 0 Å². The van der Waals surface area contributed by atoms with E-state index in [0.29, 0.717) is 22.6 Å². The Morgan fingerprint density at radius 2 is 1.96 bits per heavy atom. The molecular formula is C20H20N2O4S. The lowest BCUT2D eigenvalue weighted by molar-refractivity contribution is -0.136. The standard InChI is InChI=1S/C20H20N2O4S/c1-12(20(25)26)27-17-7-3-2-6-15(17)19(24)21-14-9-10-16-13(11-14)5-4-8-18(23)22-16/h2-3,6-7,9-12H,4-5,8H2,1H3,(H,21,24)(H,22,23)(H,25,26). The molecule has 6 nitrogen and oxygen atoms in total. The molecular weight excluding hydrogens is 364 g/mol. The summed E-state index contributed by atoms with van der Waals surface area (Å²) in [7, 11) is 0. The predicted molar refractivity (Wildman–Crippen MR) is 105 cm³/mol. The van der Waals surface area contributed by atoms with Gasteiger partial charge in [-0.3, -0.25) is 14.4 Å². The van der Waals surface area contributed by atoms with Crippen molar-refractivity contribution < 1.29 is 19.5 Å². The van der Waals surface area contributed by atoms with E-state index < -0.39 is 11.2 Å². The molecule has 1 aliphatic rings. The maximum atomic E-state index is 12.7. The van der Waals surface area contributed by atoms with Gasteiger partial charge in [0.05, 0.1) is 5.56 Å². The van der Waals surface area contributed by atoms with Crippen LogP contribution >= 0.6 is 11.8 Å². The van der Waals surface area contributed by atoms with Gasteiger partial charge in [0.1, 0.15) is 5.25 Å². The number of amides is 2. The Bertz CT molecular complexity index is 897. The van der Waals surface area contributed by atoms with Gasteiger partial charge in [0.2, 0.25) is 5.91 Å². The zero-order chi connectivity index (χ0) is 19.4. The minimum Gasteiger partial charge on any atom is -0.480 e. The lowest BCUT2D eigenvalue weighted by atomic mass is 10.1. The SMILES string of the molecule is CC(Sc1ccccc1C(=O)Nc1ccc2c(c1)CCCC(=O)N2)C(=O)O. The maximum absolute atomic E-state index is 12.7. The fourth-order valence-electron chi connectivity index (χ4n) is 2.85. The average Bonchev–Trinajstić information content (AvgIpc) is 2.82. The molecule has 2 amide bonds. The normalized spacial score (nSPS) is 14.5. The molecule has 3 N–H and O–H groups in total. The van der Waals surface area contributed by atoms with Crippen LogP contribution in [0.4, 0.5) is 11.4 Å². The van der Waals surface area contributed by atoms with E-state index >= 15 is 0 Å². The van der Waals surface area contributed by atoms with Crippen molar-refractivity contribution in [1.29, 1.82) is 0 Å². The number of carboxylic acid groups (broad SMARTS) is 1. The van der Waals surface area contributed by atoms with Crippen molar-refractivity contribution in [2.75, 3.05) is 10.6 Å². The number of carboxylic acids is 1. The molecule has 1 aliphatic heterocycles. The number of rotatable bonds is 5. The number of hydrogen-bond acceptors (Lipinski definition) is 4. The first-order valence-corrected chi connectivity index (χ1v) is 9.54. The van der Waals surface area contributed by atoms with Crippen LogP contribution in [0.3, 0.4) is 0 Å². The maximum Gasteiger partial charge on any atom is 0.316 e. The first-order chi connectivity index (χ1) is 12.9. The Labute approximate surface area is 161 Å². The van der Waals surface area contributed by atoms with Gasteiger partial charge in [-0.25, -0.2) is 0 Å². The van der Waals surface area contributed by atoms with Crippen molar-refractivity contribution in [1.82, 2.24) is 0 Å². The summed E-state index contributed by atoms with van der Waals surface area (Å²) in [5, 5.41) is 14.2. The quantitative estimate of drug-likeness (QED) is 0.682. The molecule has 0 aromatic heterocycles. The molecule has 3 rings (SSSR count). The van der Waals surface area contributed by atoms with Crippen LogP contribution in [-0.4, -0.2) is 28.1 Å². The average molecular weight is 384 g/mol. The van der Waals surface area contributed by atoms with Crippen LogP contribution in [0, 0.1) is 0 Å². The number of hydrogen-bond donors (Lipinski definition) is 3. The summed E-state index contributed by atoms with van der Waals surface area (Å²) in [5.41, 5.74) is 2.84. The smallest absolute Gasteiger partial charge is 0.316 e. The van der Waals surface area contributed by atoms with Crippen molar-refractivity contribution in [2.45, 2.75) is 36.3 Å². The molecule has 1 heterocycles. The fourth-order valence-corrected chi connectivity index (χ4v) is 3.78. The van der Waals surface area contributed by atoms with Crippen molar-refractivity contribution in [3.05, 3.63) is 53.6 Å². The molecule has 1 unspecified atom stereocenters. The highest BCUT2D eigenvalue weighted by molar-refractivity contribution is 8.00. The van der Waals surface area contributed by atoms with Gasteiger partial charge in [0.15, 0.2) is 0 Å². The summed E-state index contributed by atoms with van der Waals surface area (Å²) in [6, 6.07) is 12.4. The van der Waals surface area contributed by atoms with Crippen LogP contribution in [0.1, 0.15) is 35.7 Å². The Morgan fingerprint density at radius 1 is 1.19 bits per heavy atom. The zero-order valence-electron chi connectivity index (χ0n) is 14.8. The fraction of sp³-hybridized carbons (Fsp3) is 0.250. The number of aliphatic carboxylic acids is 1. The Kier molecular flexibility index (Phi) is 5.81. The minimum atomic E-state index is -0.928. The van der Waals surface area contributed by atoms with Crippen molar-refractivity contribution in [3.63, 3.8) is 0 Å². The number of thioether (sulfide) groups is 1. The summed E-state index contributed by atoms with van der Waals surface area (Å²) in [6.45, 7) is 1.59. The zero-order valence-corrected chi connectivity index (χ0v) is 15.6. The largest absolute Gasteiger partial charge is 0.480 e. The van der Waals surface area contributed by atoms with Gasteiger partial charge < -0.3 is 15.7 Å². The van der Waals surface area contributed by atoms with Gasteiger partial charge in [-0.1, -0.05) is 12.1 Å². The highest BCUT2D eigenvalue weighted by atomic mass is 32.2. The lowest BCUT2D eigenvalue weighted by Gasteiger charge is -2.13. The number of benzene rings is 2. The van der Waals surface area contributed by atoms with E-state index in [1.165, 1.54) is 0 Å². The van der Waals surface area contributed by atoms with Gasteiger partial charge in [-0.2, -0.15) is 0 Å². The predicted octanol–water partition coefficient (Wildman–Crippen LogP) is 3.78. The summed E-state index contributed by atoms with van der Waals surface area (Å²) in [5.74, 6) is -1.22. The van der Waals surface area contributed by atoms with Crippen molar-refractivity contribution in [3.8, 4) is 0 Å². The first-order valence-electron chi connectivity index (χ1n) is 8.66. The van der Waals surface area contributed by atoms with Crippen LogP contribution in [-0.2, 0) is 16.0 Å². The number of fused-ring (bicyclic) bond motifs is 1. The van der Waals surface area contributed by atoms with E-state index in [9.17, 15) is 14.4 Å². The number of carbonyl (C=O) groups excluding carboxylic acids is 2. The molecule has 27 heavy (non-hydrogen) atoms. The van der Waals surface area contributed by atoms with Crippen LogP contribution < -0.4 is 10.6 Å². The molecule has 0 saturated heterocycles. The molecule has 0 radical (unpaired) electrons.